The zero-order valence-electron chi connectivity index (χ0n) is 14.9. The highest BCUT2D eigenvalue weighted by Crippen LogP contribution is 2.23. The predicted octanol–water partition coefficient (Wildman–Crippen LogP) is 2.30. The van der Waals surface area contributed by atoms with Crippen molar-refractivity contribution in [1.82, 2.24) is 14.7 Å². The van der Waals surface area contributed by atoms with Gasteiger partial charge in [-0.2, -0.15) is 0 Å². The molecular formula is C17H28FIN4O. The normalized spacial score (nSPS) is 16.0. The summed E-state index contributed by atoms with van der Waals surface area (Å²) in [5, 5.41) is 0. The van der Waals surface area contributed by atoms with E-state index >= 15 is 0 Å². The summed E-state index contributed by atoms with van der Waals surface area (Å²) < 4.78 is 19.1. The lowest BCUT2D eigenvalue weighted by Gasteiger charge is -2.34. The highest BCUT2D eigenvalue weighted by molar-refractivity contribution is 14.0. The molecule has 0 saturated carbocycles. The van der Waals surface area contributed by atoms with Gasteiger partial charge in [0, 0.05) is 41.3 Å². The summed E-state index contributed by atoms with van der Waals surface area (Å²) in [7, 11) is 7.91. The second-order valence-corrected chi connectivity index (χ2v) is 6.15. The number of hydrogen-bond acceptors (Lipinski definition) is 3. The second kappa shape index (κ2) is 10.1. The average Bonchev–Trinajstić information content (AvgIpc) is 2.51. The van der Waals surface area contributed by atoms with E-state index in [4.69, 9.17) is 9.73 Å². The number of aliphatic imine (C=N–C) groups is 1. The number of ether oxygens (including phenoxy) is 1. The fraction of sp³-hybridized carbons (Fsp3) is 0.588. The molecule has 1 aromatic rings. The van der Waals surface area contributed by atoms with Crippen molar-refractivity contribution in [3.8, 4) is 0 Å². The topological polar surface area (TPSA) is 31.3 Å². The Morgan fingerprint density at radius 3 is 2.38 bits per heavy atom. The van der Waals surface area contributed by atoms with Crippen LogP contribution in [-0.2, 0) is 4.74 Å². The van der Waals surface area contributed by atoms with Crippen LogP contribution in [0.3, 0.4) is 0 Å². The number of nitrogens with zero attached hydrogens (tertiary/aromatic N) is 4. The van der Waals surface area contributed by atoms with Crippen molar-refractivity contribution in [2.45, 2.75) is 6.04 Å². The molecular weight excluding hydrogens is 422 g/mol. The van der Waals surface area contributed by atoms with Gasteiger partial charge >= 0.3 is 0 Å². The standard InChI is InChI=1S/C17H27FN4O.HI/c1-20(2)17(21(3)4)19-13-16(22-8-10-23-11-9-22)14-6-5-7-15(18)12-14;/h5-7,12,16H,8-11,13H2,1-4H3;1H. The first-order valence-electron chi connectivity index (χ1n) is 7.95. The van der Waals surface area contributed by atoms with Crippen LogP contribution in [0, 0.1) is 5.82 Å². The van der Waals surface area contributed by atoms with Crippen molar-refractivity contribution in [2.75, 3.05) is 61.0 Å². The molecule has 0 N–H and O–H groups in total. The molecule has 0 aromatic heterocycles. The van der Waals surface area contributed by atoms with Gasteiger partial charge in [0.2, 0.25) is 0 Å². The van der Waals surface area contributed by atoms with Crippen molar-refractivity contribution in [1.29, 1.82) is 0 Å². The van der Waals surface area contributed by atoms with E-state index in [1.165, 1.54) is 6.07 Å². The van der Waals surface area contributed by atoms with E-state index in [1.54, 1.807) is 12.1 Å². The molecule has 1 heterocycles. The van der Waals surface area contributed by atoms with Crippen LogP contribution >= 0.6 is 24.0 Å². The van der Waals surface area contributed by atoms with Crippen molar-refractivity contribution in [2.24, 2.45) is 4.99 Å². The van der Waals surface area contributed by atoms with Gasteiger partial charge < -0.3 is 14.5 Å². The molecule has 1 atom stereocenters. The quantitative estimate of drug-likeness (QED) is 0.401. The number of benzene rings is 1. The Morgan fingerprint density at radius 2 is 1.83 bits per heavy atom. The van der Waals surface area contributed by atoms with Crippen molar-refractivity contribution in [3.05, 3.63) is 35.6 Å². The average molecular weight is 450 g/mol. The Kier molecular flexibility index (Phi) is 8.93. The van der Waals surface area contributed by atoms with Crippen LogP contribution in [-0.4, -0.2) is 81.7 Å². The van der Waals surface area contributed by atoms with Gasteiger partial charge in [0.1, 0.15) is 5.82 Å². The van der Waals surface area contributed by atoms with E-state index in [1.807, 2.05) is 44.1 Å². The molecule has 1 fully saturated rings. The Hall–Kier alpha value is -0.930. The third-order valence-corrected chi connectivity index (χ3v) is 3.93. The summed E-state index contributed by atoms with van der Waals surface area (Å²) in [6.07, 6.45) is 0. The SMILES string of the molecule is CN(C)C(=NCC(c1cccc(F)c1)N1CCOCC1)N(C)C.I. The number of hydrogen-bond donors (Lipinski definition) is 0. The summed E-state index contributed by atoms with van der Waals surface area (Å²) in [5.41, 5.74) is 0.965. The molecule has 1 saturated heterocycles. The molecule has 0 aliphatic carbocycles. The van der Waals surface area contributed by atoms with Gasteiger partial charge in [0.15, 0.2) is 5.96 Å². The van der Waals surface area contributed by atoms with Gasteiger partial charge in [0.25, 0.3) is 0 Å². The van der Waals surface area contributed by atoms with E-state index in [2.05, 4.69) is 4.90 Å². The fourth-order valence-electron chi connectivity index (χ4n) is 2.89. The van der Waals surface area contributed by atoms with Crippen LogP contribution in [0.2, 0.25) is 0 Å². The highest BCUT2D eigenvalue weighted by atomic mass is 127. The molecule has 136 valence electrons. The fourth-order valence-corrected chi connectivity index (χ4v) is 2.89. The number of halogens is 2. The lowest BCUT2D eigenvalue weighted by Crippen LogP contribution is -2.41. The molecule has 0 bridgehead atoms. The van der Waals surface area contributed by atoms with Crippen LogP contribution in [0.5, 0.6) is 0 Å². The first-order valence-corrected chi connectivity index (χ1v) is 7.95. The molecule has 1 aromatic carbocycles. The van der Waals surface area contributed by atoms with E-state index < -0.39 is 0 Å². The molecule has 24 heavy (non-hydrogen) atoms. The minimum atomic E-state index is -0.204. The lowest BCUT2D eigenvalue weighted by molar-refractivity contribution is 0.0178. The first-order chi connectivity index (χ1) is 11.0. The Labute approximate surface area is 161 Å². The van der Waals surface area contributed by atoms with Gasteiger partial charge in [-0.05, 0) is 17.7 Å². The lowest BCUT2D eigenvalue weighted by atomic mass is 10.0. The maximum Gasteiger partial charge on any atom is 0.195 e. The maximum atomic E-state index is 13.7. The second-order valence-electron chi connectivity index (χ2n) is 6.15. The van der Waals surface area contributed by atoms with Gasteiger partial charge in [-0.25, -0.2) is 4.39 Å². The molecule has 0 spiro atoms. The Bertz CT molecular complexity index is 523. The van der Waals surface area contributed by atoms with Gasteiger partial charge in [0.05, 0.1) is 25.8 Å². The highest BCUT2D eigenvalue weighted by Gasteiger charge is 2.23. The van der Waals surface area contributed by atoms with Gasteiger partial charge in [-0.1, -0.05) is 12.1 Å². The summed E-state index contributed by atoms with van der Waals surface area (Å²) in [4.78, 5) is 11.1. The van der Waals surface area contributed by atoms with Crippen LogP contribution in [0.25, 0.3) is 0 Å². The minimum absolute atomic E-state index is 0. The van der Waals surface area contributed by atoms with E-state index in [9.17, 15) is 4.39 Å². The smallest absolute Gasteiger partial charge is 0.195 e. The summed E-state index contributed by atoms with van der Waals surface area (Å²) in [6.45, 7) is 3.70. The molecule has 1 aliphatic heterocycles. The third kappa shape index (κ3) is 5.86. The van der Waals surface area contributed by atoms with E-state index in [-0.39, 0.29) is 35.8 Å². The Balaban J connectivity index is 0.00000288. The minimum Gasteiger partial charge on any atom is -0.379 e. The Morgan fingerprint density at radius 1 is 1.21 bits per heavy atom. The van der Waals surface area contributed by atoms with Crippen molar-refractivity contribution < 1.29 is 9.13 Å². The van der Waals surface area contributed by atoms with Crippen molar-refractivity contribution in [3.63, 3.8) is 0 Å². The van der Waals surface area contributed by atoms with Crippen LogP contribution < -0.4 is 0 Å². The number of guanidine groups is 1. The van der Waals surface area contributed by atoms with Gasteiger partial charge in [-0.3, -0.25) is 9.89 Å². The molecule has 0 amide bonds. The summed E-state index contributed by atoms with van der Waals surface area (Å²) in [5.74, 6) is 0.699. The van der Waals surface area contributed by atoms with E-state index in [0.29, 0.717) is 19.8 Å². The largest absolute Gasteiger partial charge is 0.379 e. The van der Waals surface area contributed by atoms with E-state index in [0.717, 1.165) is 24.6 Å². The van der Waals surface area contributed by atoms with Crippen LogP contribution in [0.4, 0.5) is 4.39 Å². The molecule has 2 rings (SSSR count). The van der Waals surface area contributed by atoms with Crippen LogP contribution in [0.1, 0.15) is 11.6 Å². The molecule has 7 heteroatoms. The first kappa shape index (κ1) is 21.1. The van der Waals surface area contributed by atoms with Gasteiger partial charge in [-0.15, -0.1) is 24.0 Å². The summed E-state index contributed by atoms with van der Waals surface area (Å²) in [6, 6.07) is 6.89. The number of rotatable bonds is 4. The third-order valence-electron chi connectivity index (χ3n) is 3.93. The molecule has 1 unspecified atom stereocenters. The van der Waals surface area contributed by atoms with Crippen LogP contribution in [0.15, 0.2) is 29.3 Å². The molecule has 0 radical (unpaired) electrons. The number of morpholine rings is 1. The molecule has 5 nitrogen and oxygen atoms in total. The molecule has 1 aliphatic rings. The maximum absolute atomic E-state index is 13.7. The zero-order chi connectivity index (χ0) is 16.8. The monoisotopic (exact) mass is 450 g/mol. The zero-order valence-corrected chi connectivity index (χ0v) is 17.2. The summed E-state index contributed by atoms with van der Waals surface area (Å²) >= 11 is 0. The van der Waals surface area contributed by atoms with Crippen molar-refractivity contribution >= 4 is 29.9 Å². The predicted molar refractivity (Wildman–Crippen MR) is 107 cm³/mol.